The lowest BCUT2D eigenvalue weighted by Crippen LogP contribution is -2.53. The summed E-state index contributed by atoms with van der Waals surface area (Å²) in [5.41, 5.74) is 8.78. The highest BCUT2D eigenvalue weighted by molar-refractivity contribution is 7.99. The Labute approximate surface area is 297 Å². The van der Waals surface area contributed by atoms with Gasteiger partial charge in [0.2, 0.25) is 0 Å². The molecule has 0 atom stereocenters. The summed E-state index contributed by atoms with van der Waals surface area (Å²) in [7, 11) is 0. The van der Waals surface area contributed by atoms with Crippen LogP contribution in [0.1, 0.15) is 22.9 Å². The third-order valence-electron chi connectivity index (χ3n) is 9.68. The fourth-order valence-corrected chi connectivity index (χ4v) is 9.61. The van der Waals surface area contributed by atoms with E-state index in [2.05, 4.69) is 84.6 Å². The molecule has 2 fully saturated rings. The molecule has 0 unspecified atom stereocenters. The predicted molar refractivity (Wildman–Crippen MR) is 192 cm³/mol. The Morgan fingerprint density at radius 1 is 0.800 bits per heavy atom. The number of hydrogen-bond donors (Lipinski definition) is 1. The summed E-state index contributed by atoms with van der Waals surface area (Å²) >= 11 is 3.20. The number of nitriles is 1. The van der Waals surface area contributed by atoms with Gasteiger partial charge in [0, 0.05) is 37.2 Å². The molecule has 10 heteroatoms. The van der Waals surface area contributed by atoms with Crippen LogP contribution in [0.25, 0.3) is 38.8 Å². The number of benzene rings is 4. The number of nitrogens with zero attached hydrogens (tertiary/aromatic N) is 2. The van der Waals surface area contributed by atoms with Crippen LogP contribution in [0.2, 0.25) is 0 Å². The van der Waals surface area contributed by atoms with E-state index in [-0.39, 0.29) is 5.57 Å². The number of fused-ring (bicyclic) bond motifs is 8. The van der Waals surface area contributed by atoms with Gasteiger partial charge < -0.3 is 29.0 Å². The number of carbonyl (C=O) groups is 1. The Balaban J connectivity index is 1.16. The predicted octanol–water partition coefficient (Wildman–Crippen LogP) is 8.78. The number of carboxylic acids is 1. The minimum atomic E-state index is -1.34. The first-order chi connectivity index (χ1) is 24.4. The number of carboxylic acid groups (broad SMARTS) is 1. The standard InChI is InChI=1S/C40H30N2O6S2/c1-2-42-33-5-3-4-6-36(33)50-37-22-25(9-13-34(37)42)24-7-11-29-30-12-8-26(35-14-10-28(49-35)19-27(23-41)38(43)44)21-32(30)40(47-17-18-48-40)39(31(29)20-24)45-15-16-46-39/h3-14,19-22H,2,15-18H2,1H3,(H,43,44)/b27-19+. The van der Waals surface area contributed by atoms with Crippen LogP contribution in [0.5, 0.6) is 0 Å². The molecule has 248 valence electrons. The number of para-hydroxylation sites is 1. The monoisotopic (exact) mass is 698 g/mol. The van der Waals surface area contributed by atoms with Gasteiger partial charge in [-0.2, -0.15) is 5.26 Å². The van der Waals surface area contributed by atoms with E-state index in [1.807, 2.05) is 18.2 Å². The van der Waals surface area contributed by atoms with Crippen molar-refractivity contribution in [2.24, 2.45) is 0 Å². The smallest absolute Gasteiger partial charge is 0.346 e. The van der Waals surface area contributed by atoms with Crippen molar-refractivity contribution in [1.82, 2.24) is 0 Å². The molecule has 1 N–H and O–H groups in total. The first-order valence-electron chi connectivity index (χ1n) is 16.4. The third-order valence-corrected chi connectivity index (χ3v) is 11.9. The Morgan fingerprint density at radius 2 is 1.40 bits per heavy atom. The summed E-state index contributed by atoms with van der Waals surface area (Å²) in [6.45, 7) is 4.60. The summed E-state index contributed by atoms with van der Waals surface area (Å²) in [5.74, 6) is -3.92. The van der Waals surface area contributed by atoms with Crippen LogP contribution in [0.15, 0.2) is 106 Å². The highest BCUT2D eigenvalue weighted by atomic mass is 32.2. The maximum atomic E-state index is 11.4. The van der Waals surface area contributed by atoms with Crippen LogP contribution in [0.3, 0.4) is 0 Å². The van der Waals surface area contributed by atoms with E-state index in [4.69, 9.17) is 18.9 Å². The molecule has 0 saturated carbocycles. The van der Waals surface area contributed by atoms with E-state index >= 15 is 0 Å². The number of hydrogen-bond acceptors (Lipinski definition) is 9. The van der Waals surface area contributed by atoms with Crippen molar-refractivity contribution in [3.05, 3.63) is 113 Å². The van der Waals surface area contributed by atoms with Crippen molar-refractivity contribution in [3.8, 4) is 38.8 Å². The molecule has 2 spiro atoms. The Bertz CT molecular complexity index is 2280. The summed E-state index contributed by atoms with van der Waals surface area (Å²) < 4.78 is 26.4. The zero-order valence-corrected chi connectivity index (χ0v) is 28.6. The van der Waals surface area contributed by atoms with E-state index in [0.717, 1.165) is 50.4 Å². The lowest BCUT2D eigenvalue weighted by atomic mass is 9.75. The number of rotatable bonds is 5. The molecule has 0 amide bonds. The topological polar surface area (TPSA) is 101 Å². The van der Waals surface area contributed by atoms with E-state index in [9.17, 15) is 15.2 Å². The van der Waals surface area contributed by atoms with Gasteiger partial charge in [-0.1, -0.05) is 54.2 Å². The van der Waals surface area contributed by atoms with Gasteiger partial charge in [-0.05, 0) is 89.3 Å². The fourth-order valence-electron chi connectivity index (χ4n) is 7.53. The lowest BCUT2D eigenvalue weighted by Gasteiger charge is -2.47. The number of aliphatic carboxylic acids is 1. The highest BCUT2D eigenvalue weighted by Crippen LogP contribution is 2.60. The fraction of sp³-hybridized carbons (Fsp3) is 0.200. The summed E-state index contributed by atoms with van der Waals surface area (Å²) in [4.78, 5) is 17.8. The molecule has 1 aromatic heterocycles. The second-order valence-electron chi connectivity index (χ2n) is 12.3. The summed E-state index contributed by atoms with van der Waals surface area (Å²) in [6.07, 6.45) is 1.39. The summed E-state index contributed by atoms with van der Waals surface area (Å²) in [5, 5.41) is 18.6. The average molecular weight is 699 g/mol. The van der Waals surface area contributed by atoms with E-state index in [1.54, 1.807) is 17.8 Å². The van der Waals surface area contributed by atoms with E-state index in [1.165, 1.54) is 38.6 Å². The van der Waals surface area contributed by atoms with Crippen molar-refractivity contribution in [2.75, 3.05) is 37.9 Å². The maximum absolute atomic E-state index is 11.4. The highest BCUT2D eigenvalue weighted by Gasteiger charge is 2.66. The summed E-state index contributed by atoms with van der Waals surface area (Å²) in [6, 6.07) is 33.3. The Morgan fingerprint density at radius 3 is 2.06 bits per heavy atom. The zero-order valence-electron chi connectivity index (χ0n) is 27.0. The van der Waals surface area contributed by atoms with Crippen molar-refractivity contribution >= 4 is 46.5 Å². The van der Waals surface area contributed by atoms with Gasteiger partial charge in [-0.3, -0.25) is 0 Å². The van der Waals surface area contributed by atoms with Gasteiger partial charge in [-0.15, -0.1) is 11.3 Å². The van der Waals surface area contributed by atoms with Crippen LogP contribution in [-0.2, 0) is 35.3 Å². The molecule has 1 aliphatic carbocycles. The lowest BCUT2D eigenvalue weighted by molar-refractivity contribution is -0.365. The quantitative estimate of drug-likeness (QED) is 0.143. The van der Waals surface area contributed by atoms with Gasteiger partial charge in [0.1, 0.15) is 11.6 Å². The van der Waals surface area contributed by atoms with Crippen LogP contribution in [0, 0.1) is 11.3 Å². The second kappa shape index (κ2) is 12.0. The van der Waals surface area contributed by atoms with Crippen LogP contribution in [0.4, 0.5) is 11.4 Å². The molecule has 0 radical (unpaired) electrons. The van der Waals surface area contributed by atoms with Crippen LogP contribution in [-0.4, -0.2) is 44.0 Å². The molecule has 4 aliphatic rings. The van der Waals surface area contributed by atoms with Crippen LogP contribution >= 0.6 is 23.1 Å². The largest absolute Gasteiger partial charge is 0.477 e. The molecule has 0 bridgehead atoms. The second-order valence-corrected chi connectivity index (χ2v) is 14.5. The van der Waals surface area contributed by atoms with Crippen molar-refractivity contribution in [3.63, 3.8) is 0 Å². The molecule has 4 aromatic carbocycles. The Hall–Kier alpha value is -4.73. The maximum Gasteiger partial charge on any atom is 0.346 e. The van der Waals surface area contributed by atoms with Gasteiger partial charge in [0.05, 0.1) is 37.8 Å². The van der Waals surface area contributed by atoms with Gasteiger partial charge >= 0.3 is 5.97 Å². The van der Waals surface area contributed by atoms with E-state index < -0.39 is 17.5 Å². The minimum absolute atomic E-state index is 0.314. The molecule has 2 saturated heterocycles. The van der Waals surface area contributed by atoms with E-state index in [0.29, 0.717) is 31.3 Å². The molecular formula is C40H30N2O6S2. The van der Waals surface area contributed by atoms with Crippen molar-refractivity contribution < 1.29 is 28.8 Å². The van der Waals surface area contributed by atoms with Crippen LogP contribution < -0.4 is 4.90 Å². The normalized spacial score (nSPS) is 18.0. The molecular weight excluding hydrogens is 669 g/mol. The number of thiophene rings is 1. The Kier molecular flexibility index (Phi) is 7.47. The number of anilines is 2. The molecule has 5 aromatic rings. The molecule has 8 nitrogen and oxygen atoms in total. The SMILES string of the molecule is CCN1c2ccccc2Sc2cc(-c3ccc4c(c3)C3(OCCO3)C3(OCCO3)c3cc(-c5ccc(/C=C(\C#N)C(=O)O)s5)ccc3-4)ccc21. The number of ether oxygens (including phenoxy) is 4. The average Bonchev–Trinajstić information content (AvgIpc) is 3.94. The van der Waals surface area contributed by atoms with Gasteiger partial charge in [0.15, 0.2) is 0 Å². The minimum Gasteiger partial charge on any atom is -0.477 e. The van der Waals surface area contributed by atoms with Crippen molar-refractivity contribution in [1.29, 1.82) is 5.26 Å². The third kappa shape index (κ3) is 4.63. The molecule has 3 aliphatic heterocycles. The van der Waals surface area contributed by atoms with Gasteiger partial charge in [-0.25, -0.2) is 4.79 Å². The molecule has 4 heterocycles. The molecule has 50 heavy (non-hydrogen) atoms. The zero-order chi connectivity index (χ0) is 34.0. The first-order valence-corrected chi connectivity index (χ1v) is 18.1. The molecule has 9 rings (SSSR count). The van der Waals surface area contributed by atoms with Gasteiger partial charge in [0.25, 0.3) is 11.6 Å². The van der Waals surface area contributed by atoms with Crippen molar-refractivity contribution in [2.45, 2.75) is 28.3 Å². The first kappa shape index (κ1) is 31.3.